The van der Waals surface area contributed by atoms with Crippen molar-refractivity contribution in [3.8, 4) is 0 Å². The molecular formula is C9H13Br2N3. The van der Waals surface area contributed by atoms with E-state index in [0.29, 0.717) is 0 Å². The third-order valence-corrected chi connectivity index (χ3v) is 2.59. The van der Waals surface area contributed by atoms with Gasteiger partial charge < -0.3 is 10.2 Å². The summed E-state index contributed by atoms with van der Waals surface area (Å²) in [6, 6.07) is 2.12. The number of hydrogen-bond donors (Lipinski definition) is 1. The highest BCUT2D eigenvalue weighted by Crippen LogP contribution is 2.20. The molecule has 0 saturated heterocycles. The molecule has 14 heavy (non-hydrogen) atoms. The first kappa shape index (κ1) is 11.9. The smallest absolute Gasteiger partial charge is 0.130 e. The van der Waals surface area contributed by atoms with Gasteiger partial charge in [0.25, 0.3) is 0 Å². The van der Waals surface area contributed by atoms with Crippen molar-refractivity contribution in [2.24, 2.45) is 0 Å². The first-order chi connectivity index (χ1) is 6.25. The largest absolute Gasteiger partial charge is 0.369 e. The Morgan fingerprint density at radius 3 is 3.14 bits per heavy atom. The summed E-state index contributed by atoms with van der Waals surface area (Å²) >= 11 is 3.43. The second-order valence-electron chi connectivity index (χ2n) is 3.33. The summed E-state index contributed by atoms with van der Waals surface area (Å²) in [7, 11) is 2.12. The molecule has 3 nitrogen and oxygen atoms in total. The fourth-order valence-corrected chi connectivity index (χ4v) is 1.87. The van der Waals surface area contributed by atoms with E-state index in [1.165, 1.54) is 5.56 Å². The van der Waals surface area contributed by atoms with Gasteiger partial charge in [0.1, 0.15) is 5.82 Å². The lowest BCUT2D eigenvalue weighted by Gasteiger charge is -2.11. The number of halogens is 2. The molecule has 5 heteroatoms. The highest BCUT2D eigenvalue weighted by atomic mass is 79.9. The van der Waals surface area contributed by atoms with Crippen LogP contribution in [-0.2, 0) is 6.54 Å². The van der Waals surface area contributed by atoms with Crippen LogP contribution in [0.1, 0.15) is 5.56 Å². The van der Waals surface area contributed by atoms with Crippen molar-refractivity contribution in [1.82, 2.24) is 9.88 Å². The predicted octanol–water partition coefficient (Wildman–Crippen LogP) is 2.28. The molecule has 1 aliphatic heterocycles. The number of pyridine rings is 1. The van der Waals surface area contributed by atoms with E-state index < -0.39 is 0 Å². The molecule has 0 bridgehead atoms. The number of nitrogens with one attached hydrogen (secondary N) is 1. The topological polar surface area (TPSA) is 28.2 Å². The van der Waals surface area contributed by atoms with Crippen molar-refractivity contribution in [3.63, 3.8) is 0 Å². The van der Waals surface area contributed by atoms with E-state index in [0.717, 1.165) is 29.9 Å². The second kappa shape index (κ2) is 5.09. The predicted molar refractivity (Wildman–Crippen MR) is 67.1 cm³/mol. The van der Waals surface area contributed by atoms with Gasteiger partial charge in [-0.05, 0) is 29.0 Å². The number of aromatic nitrogens is 1. The first-order valence-corrected chi connectivity index (χ1v) is 5.12. The van der Waals surface area contributed by atoms with Crippen molar-refractivity contribution in [2.45, 2.75) is 6.54 Å². The van der Waals surface area contributed by atoms with Gasteiger partial charge in [-0.1, -0.05) is 0 Å². The van der Waals surface area contributed by atoms with E-state index in [1.54, 1.807) is 0 Å². The van der Waals surface area contributed by atoms with Crippen molar-refractivity contribution >= 4 is 38.7 Å². The maximum absolute atomic E-state index is 4.33. The van der Waals surface area contributed by atoms with Crippen molar-refractivity contribution in [2.75, 3.05) is 25.5 Å². The molecule has 1 N–H and O–H groups in total. The molecule has 0 radical (unpaired) electrons. The van der Waals surface area contributed by atoms with Crippen LogP contribution in [0.4, 0.5) is 5.82 Å². The summed E-state index contributed by atoms with van der Waals surface area (Å²) < 4.78 is 1.04. The minimum atomic E-state index is 0. The minimum absolute atomic E-state index is 0. The number of anilines is 1. The third kappa shape index (κ3) is 2.68. The van der Waals surface area contributed by atoms with Gasteiger partial charge in [0.2, 0.25) is 0 Å². The summed E-state index contributed by atoms with van der Waals surface area (Å²) in [5, 5.41) is 3.31. The van der Waals surface area contributed by atoms with E-state index in [4.69, 9.17) is 0 Å². The van der Waals surface area contributed by atoms with Crippen LogP contribution >= 0.6 is 32.9 Å². The fourth-order valence-electron chi connectivity index (χ4n) is 1.50. The van der Waals surface area contributed by atoms with Gasteiger partial charge >= 0.3 is 0 Å². The van der Waals surface area contributed by atoms with Crippen molar-refractivity contribution in [3.05, 3.63) is 22.3 Å². The number of fused-ring (bicyclic) bond motifs is 1. The highest BCUT2D eigenvalue weighted by molar-refractivity contribution is 9.10. The average molecular weight is 323 g/mol. The van der Waals surface area contributed by atoms with Crippen molar-refractivity contribution in [1.29, 1.82) is 0 Å². The van der Waals surface area contributed by atoms with Crippen LogP contribution in [0.5, 0.6) is 0 Å². The van der Waals surface area contributed by atoms with Gasteiger partial charge in [0, 0.05) is 35.9 Å². The second-order valence-corrected chi connectivity index (χ2v) is 4.24. The summed E-state index contributed by atoms with van der Waals surface area (Å²) in [5.74, 6) is 1.02. The molecule has 1 aromatic heterocycles. The summed E-state index contributed by atoms with van der Waals surface area (Å²) in [6.45, 7) is 3.00. The van der Waals surface area contributed by atoms with E-state index in [9.17, 15) is 0 Å². The molecular weight excluding hydrogens is 310 g/mol. The number of likely N-dealkylation sites (N-methyl/N-ethyl adjacent to an activating group) is 1. The van der Waals surface area contributed by atoms with Gasteiger partial charge in [-0.15, -0.1) is 17.0 Å². The van der Waals surface area contributed by atoms with Crippen LogP contribution in [0, 0.1) is 0 Å². The van der Waals surface area contributed by atoms with Gasteiger partial charge in [-0.3, -0.25) is 0 Å². The lowest BCUT2D eigenvalue weighted by molar-refractivity contribution is 0.346. The Balaban J connectivity index is 0.000000980. The zero-order valence-corrected chi connectivity index (χ0v) is 11.3. The molecule has 0 unspecified atom stereocenters. The van der Waals surface area contributed by atoms with Crippen LogP contribution in [0.25, 0.3) is 0 Å². The average Bonchev–Trinajstić information content (AvgIpc) is 2.25. The van der Waals surface area contributed by atoms with E-state index in [2.05, 4.69) is 44.2 Å². The number of hydrogen-bond acceptors (Lipinski definition) is 3. The van der Waals surface area contributed by atoms with Gasteiger partial charge in [-0.2, -0.15) is 0 Å². The molecule has 1 aliphatic rings. The Morgan fingerprint density at radius 1 is 1.57 bits per heavy atom. The lowest BCUT2D eigenvalue weighted by Crippen LogP contribution is -2.20. The van der Waals surface area contributed by atoms with Gasteiger partial charge in [0.15, 0.2) is 0 Å². The minimum Gasteiger partial charge on any atom is -0.369 e. The lowest BCUT2D eigenvalue weighted by atomic mass is 10.2. The molecule has 0 amide bonds. The van der Waals surface area contributed by atoms with Crippen LogP contribution in [0.2, 0.25) is 0 Å². The highest BCUT2D eigenvalue weighted by Gasteiger charge is 2.11. The molecule has 0 fully saturated rings. The maximum atomic E-state index is 4.33. The van der Waals surface area contributed by atoms with Gasteiger partial charge in [-0.25, -0.2) is 4.98 Å². The van der Waals surface area contributed by atoms with Crippen LogP contribution in [-0.4, -0.2) is 30.0 Å². The molecule has 0 saturated carbocycles. The van der Waals surface area contributed by atoms with Crippen LogP contribution in [0.15, 0.2) is 16.7 Å². The Morgan fingerprint density at radius 2 is 2.36 bits per heavy atom. The van der Waals surface area contributed by atoms with Crippen molar-refractivity contribution < 1.29 is 0 Å². The maximum Gasteiger partial charge on any atom is 0.130 e. The molecule has 0 aliphatic carbocycles. The standard InChI is InChI=1S/C9H12BrN3.BrH/c1-13-3-2-11-9-7(6-13)4-8(10)5-12-9;/h4-5H,2-3,6H2,1H3,(H,11,12);1H. The van der Waals surface area contributed by atoms with Gasteiger partial charge in [0.05, 0.1) is 0 Å². The zero-order valence-electron chi connectivity index (χ0n) is 7.96. The molecule has 0 spiro atoms. The quantitative estimate of drug-likeness (QED) is 0.794. The summed E-state index contributed by atoms with van der Waals surface area (Å²) in [6.07, 6.45) is 1.83. The number of nitrogens with zero attached hydrogens (tertiary/aromatic N) is 2. The number of rotatable bonds is 0. The molecule has 78 valence electrons. The fraction of sp³-hybridized carbons (Fsp3) is 0.444. The zero-order chi connectivity index (χ0) is 9.26. The third-order valence-electron chi connectivity index (χ3n) is 2.16. The summed E-state index contributed by atoms with van der Waals surface area (Å²) in [4.78, 5) is 6.61. The van der Waals surface area contributed by atoms with Crippen LogP contribution < -0.4 is 5.32 Å². The molecule has 2 rings (SSSR count). The molecule has 1 aromatic rings. The Labute approximate surface area is 103 Å². The molecule has 2 heterocycles. The first-order valence-electron chi connectivity index (χ1n) is 4.32. The molecule has 0 aromatic carbocycles. The normalized spacial score (nSPS) is 16.1. The Bertz CT molecular complexity index is 317. The van der Waals surface area contributed by atoms with E-state index in [1.807, 2.05) is 6.20 Å². The van der Waals surface area contributed by atoms with E-state index >= 15 is 0 Å². The SMILES string of the molecule is Br.CN1CCNc2ncc(Br)cc2C1. The Hall–Kier alpha value is -0.130. The van der Waals surface area contributed by atoms with E-state index in [-0.39, 0.29) is 17.0 Å². The summed E-state index contributed by atoms with van der Waals surface area (Å²) in [5.41, 5.74) is 1.26. The molecule has 0 atom stereocenters. The Kier molecular flexibility index (Phi) is 4.34. The van der Waals surface area contributed by atoms with Crippen LogP contribution in [0.3, 0.4) is 0 Å². The monoisotopic (exact) mass is 321 g/mol.